The van der Waals surface area contributed by atoms with Gasteiger partial charge in [0, 0.05) is 95.3 Å². The van der Waals surface area contributed by atoms with Crippen LogP contribution >= 0.6 is 12.6 Å². The second-order valence-electron chi connectivity index (χ2n) is 18.3. The Morgan fingerprint density at radius 2 is 1.06 bits per heavy atom. The minimum Gasteiger partial charge on any atom is -0.463 e. The van der Waals surface area contributed by atoms with Crippen molar-refractivity contribution in [3.63, 3.8) is 0 Å². The van der Waals surface area contributed by atoms with Crippen molar-refractivity contribution in [2.75, 3.05) is 95.6 Å². The van der Waals surface area contributed by atoms with Gasteiger partial charge in [-0.3, -0.25) is 9.59 Å². The van der Waals surface area contributed by atoms with Crippen molar-refractivity contribution in [1.29, 1.82) is 0 Å². The van der Waals surface area contributed by atoms with Crippen LogP contribution in [0, 0.1) is 0 Å². The van der Waals surface area contributed by atoms with Crippen LogP contribution in [-0.2, 0) is 48.3 Å². The first-order valence-electron chi connectivity index (χ1n) is 21.1. The molecule has 2 unspecified atom stereocenters. The Labute approximate surface area is 374 Å². The van der Waals surface area contributed by atoms with Gasteiger partial charge in [-0.25, -0.2) is 4.79 Å². The summed E-state index contributed by atoms with van der Waals surface area (Å²) in [5.41, 5.74) is 2.65. The fraction of sp³-hybridized carbons (Fsp3) is 0.562. The van der Waals surface area contributed by atoms with E-state index in [2.05, 4.69) is 4.90 Å². The highest BCUT2D eigenvalue weighted by Crippen LogP contribution is 2.48. The smallest absolute Gasteiger partial charge is 0.340 e. The van der Waals surface area contributed by atoms with Crippen molar-refractivity contribution in [3.05, 3.63) is 89.0 Å². The third-order valence-corrected chi connectivity index (χ3v) is 10.9. The van der Waals surface area contributed by atoms with Crippen LogP contribution in [-0.4, -0.2) is 121 Å². The number of rotatable bonds is 24. The number of esters is 3. The molecule has 0 aromatic heterocycles. The van der Waals surface area contributed by atoms with Gasteiger partial charge < -0.3 is 47.9 Å². The number of carbonyl (C=O) groups excluding carboxylic acids is 3. The van der Waals surface area contributed by atoms with E-state index in [-0.39, 0.29) is 37.7 Å². The number of cyclic esters (lactones) is 1. The first-order chi connectivity index (χ1) is 28.9. The molecule has 0 radical (unpaired) electrons. The van der Waals surface area contributed by atoms with E-state index in [1.807, 2.05) is 153 Å². The molecule has 3 aromatic rings. The largest absolute Gasteiger partial charge is 0.463 e. The van der Waals surface area contributed by atoms with E-state index in [0.29, 0.717) is 44.9 Å². The number of fused-ring (bicyclic) bond motifs is 1. The van der Waals surface area contributed by atoms with Gasteiger partial charge in [0.1, 0.15) is 18.1 Å². The lowest BCUT2D eigenvalue weighted by Gasteiger charge is -2.34. The van der Waals surface area contributed by atoms with Crippen LogP contribution in [0.2, 0.25) is 0 Å². The molecule has 13 nitrogen and oxygen atoms in total. The average Bonchev–Trinajstić information content (AvgIpc) is 3.50. The van der Waals surface area contributed by atoms with Crippen molar-refractivity contribution in [2.24, 2.45) is 0 Å². The fourth-order valence-electron chi connectivity index (χ4n) is 6.84. The summed E-state index contributed by atoms with van der Waals surface area (Å²) < 4.78 is 41.7. The van der Waals surface area contributed by atoms with Crippen molar-refractivity contribution in [2.45, 2.75) is 96.1 Å². The highest BCUT2D eigenvalue weighted by atomic mass is 32.1. The van der Waals surface area contributed by atoms with Crippen LogP contribution in [0.25, 0.3) is 0 Å². The average molecular weight is 880 g/mol. The molecular formula is C48H69N3O10S. The minimum atomic E-state index is -1.17. The molecule has 0 aliphatic carbocycles. The van der Waals surface area contributed by atoms with E-state index in [1.54, 1.807) is 0 Å². The van der Waals surface area contributed by atoms with Gasteiger partial charge >= 0.3 is 17.9 Å². The van der Waals surface area contributed by atoms with Gasteiger partial charge in [-0.05, 0) is 84.9 Å². The van der Waals surface area contributed by atoms with Crippen LogP contribution in [0.1, 0.15) is 95.8 Å². The Morgan fingerprint density at radius 3 is 1.58 bits per heavy atom. The molecule has 0 spiro atoms. The minimum absolute atomic E-state index is 0.134. The molecule has 0 amide bonds. The molecule has 0 saturated heterocycles. The predicted octanol–water partition coefficient (Wildman–Crippen LogP) is 7.65. The summed E-state index contributed by atoms with van der Waals surface area (Å²) in [5, 5.41) is 0. The maximum atomic E-state index is 13.7. The first-order valence-corrected chi connectivity index (χ1v) is 21.5. The summed E-state index contributed by atoms with van der Waals surface area (Å²) >= 11 is 4.83. The van der Waals surface area contributed by atoms with Gasteiger partial charge in [0.2, 0.25) is 0 Å². The predicted molar refractivity (Wildman–Crippen MR) is 247 cm³/mol. The molecule has 1 heterocycles. The van der Waals surface area contributed by atoms with Crippen LogP contribution < -0.4 is 14.7 Å². The van der Waals surface area contributed by atoms with E-state index in [1.165, 1.54) is 13.8 Å². The lowest BCUT2D eigenvalue weighted by molar-refractivity contribution is -0.159. The maximum Gasteiger partial charge on any atom is 0.340 e. The molecule has 62 heavy (non-hydrogen) atoms. The zero-order valence-electron chi connectivity index (χ0n) is 39.1. The second kappa shape index (κ2) is 20.9. The van der Waals surface area contributed by atoms with Crippen molar-refractivity contribution in [1.82, 2.24) is 0 Å². The lowest BCUT2D eigenvalue weighted by atomic mass is 9.79. The standard InChI is InChI=1S/C48H69N3O10S/c1-34(52)55-31-44(3,4)57-27-24-47(9,62)59-29-26-51(25-28-58-46(7,8)33-60-45(5,6)32-56-35(2)53)39-20-16-37(17-21-39)48(36-14-18-38(19-15-36)49(10)11)42-23-22-40(50(12)13)30-41(42)43(54)61-48/h14-23,30,62H,24-29,31-33H2,1-13H3. The van der Waals surface area contributed by atoms with E-state index < -0.39 is 27.3 Å². The van der Waals surface area contributed by atoms with Gasteiger partial charge in [0.25, 0.3) is 0 Å². The lowest BCUT2D eigenvalue weighted by Crippen LogP contribution is -2.41. The van der Waals surface area contributed by atoms with E-state index >= 15 is 0 Å². The highest BCUT2D eigenvalue weighted by molar-refractivity contribution is 7.81. The van der Waals surface area contributed by atoms with E-state index in [9.17, 15) is 14.4 Å². The van der Waals surface area contributed by atoms with Crippen molar-refractivity contribution in [3.8, 4) is 0 Å². The van der Waals surface area contributed by atoms with Crippen molar-refractivity contribution >= 4 is 47.6 Å². The van der Waals surface area contributed by atoms with Gasteiger partial charge in [-0.15, -0.1) is 12.6 Å². The van der Waals surface area contributed by atoms with Gasteiger partial charge in [0.15, 0.2) is 5.60 Å². The SMILES string of the molecule is CC(=O)OCC(C)(C)OCCC(C)(S)OCCN(CCOC(C)(C)COC(C)(C)COC(C)=O)c1ccc(C2(c3ccc(N(C)C)cc3)OC(=O)c3cc(N(C)C)ccc32)cc1. The Kier molecular flexibility index (Phi) is 17.0. The Balaban J connectivity index is 1.59. The summed E-state index contributed by atoms with van der Waals surface area (Å²) in [4.78, 5) is 41.8. The molecular weight excluding hydrogens is 811 g/mol. The number of ether oxygens (including phenoxy) is 7. The third-order valence-electron chi connectivity index (χ3n) is 10.5. The molecule has 0 fully saturated rings. The summed E-state index contributed by atoms with van der Waals surface area (Å²) in [6.45, 7) is 18.7. The van der Waals surface area contributed by atoms with Crippen LogP contribution in [0.3, 0.4) is 0 Å². The number of carbonyl (C=O) groups is 3. The molecule has 2 atom stereocenters. The number of hydrogen-bond donors (Lipinski definition) is 1. The summed E-state index contributed by atoms with van der Waals surface area (Å²) in [6.07, 6.45) is 0.493. The third kappa shape index (κ3) is 14.1. The zero-order valence-corrected chi connectivity index (χ0v) is 40.0. The van der Waals surface area contributed by atoms with Crippen LogP contribution in [0.5, 0.6) is 0 Å². The van der Waals surface area contributed by atoms with Gasteiger partial charge in [-0.1, -0.05) is 30.3 Å². The fourth-order valence-corrected chi connectivity index (χ4v) is 7.03. The van der Waals surface area contributed by atoms with Crippen molar-refractivity contribution < 1.29 is 47.5 Å². The van der Waals surface area contributed by atoms with Crippen LogP contribution in [0.4, 0.5) is 17.1 Å². The quantitative estimate of drug-likeness (QED) is 0.0411. The summed E-state index contributed by atoms with van der Waals surface area (Å²) in [7, 11) is 7.87. The molecule has 1 aliphatic heterocycles. The number of nitrogens with zero attached hydrogens (tertiary/aromatic N) is 3. The number of thiol groups is 1. The molecule has 0 bridgehead atoms. The molecule has 1 aliphatic rings. The Morgan fingerprint density at radius 1 is 0.613 bits per heavy atom. The number of anilines is 3. The first kappa shape index (κ1) is 50.3. The van der Waals surface area contributed by atoms with E-state index in [0.717, 1.165) is 33.8 Å². The molecule has 4 rings (SSSR count). The second-order valence-corrected chi connectivity index (χ2v) is 19.2. The summed E-state index contributed by atoms with van der Waals surface area (Å²) in [5.74, 6) is -1.09. The van der Waals surface area contributed by atoms with Crippen LogP contribution in [0.15, 0.2) is 66.7 Å². The maximum absolute atomic E-state index is 13.7. The Hall–Kier alpha value is -4.34. The summed E-state index contributed by atoms with van der Waals surface area (Å²) in [6, 6.07) is 22.1. The molecule has 0 saturated carbocycles. The van der Waals surface area contributed by atoms with Gasteiger partial charge in [-0.2, -0.15) is 0 Å². The molecule has 14 heteroatoms. The Bertz CT molecular complexity index is 1960. The van der Waals surface area contributed by atoms with E-state index in [4.69, 9.17) is 45.8 Å². The van der Waals surface area contributed by atoms with Gasteiger partial charge in [0.05, 0.1) is 48.8 Å². The molecule has 3 aromatic carbocycles. The zero-order chi connectivity index (χ0) is 46.1. The molecule has 342 valence electrons. The number of benzene rings is 3. The normalized spacial score (nSPS) is 16.3. The monoisotopic (exact) mass is 879 g/mol. The topological polar surface area (TPSA) is 126 Å². The number of hydrogen-bond acceptors (Lipinski definition) is 14. The highest BCUT2D eigenvalue weighted by Gasteiger charge is 2.49. The molecule has 0 N–H and O–H groups in total.